The van der Waals surface area contributed by atoms with Crippen molar-refractivity contribution >= 4 is 11.8 Å². The van der Waals surface area contributed by atoms with E-state index >= 15 is 0 Å². The quantitative estimate of drug-likeness (QED) is 0.762. The number of carbonyl (C=O) groups excluding carboxylic acids is 2. The highest BCUT2D eigenvalue weighted by molar-refractivity contribution is 5.87. The van der Waals surface area contributed by atoms with Crippen molar-refractivity contribution in [1.29, 1.82) is 0 Å². The average Bonchev–Trinajstić information content (AvgIpc) is 2.44. The predicted molar refractivity (Wildman–Crippen MR) is 71.1 cm³/mol. The third-order valence-corrected chi connectivity index (χ3v) is 3.46. The summed E-state index contributed by atoms with van der Waals surface area (Å²) in [7, 11) is 0. The second kappa shape index (κ2) is 6.73. The summed E-state index contributed by atoms with van der Waals surface area (Å²) in [6, 6.07) is -0.0575. The van der Waals surface area contributed by atoms with Crippen LogP contribution < -0.4 is 10.6 Å². The number of hydrogen-bond donors (Lipinski definition) is 2. The van der Waals surface area contributed by atoms with Crippen molar-refractivity contribution in [2.75, 3.05) is 19.6 Å². The van der Waals surface area contributed by atoms with Crippen LogP contribution in [0.1, 0.15) is 34.1 Å². The van der Waals surface area contributed by atoms with Crippen LogP contribution in [-0.2, 0) is 9.59 Å². The molecule has 1 fully saturated rings. The highest BCUT2D eigenvalue weighted by atomic mass is 16.2. The summed E-state index contributed by atoms with van der Waals surface area (Å²) < 4.78 is 0. The first-order valence-electron chi connectivity index (χ1n) is 6.73. The van der Waals surface area contributed by atoms with Gasteiger partial charge in [-0.25, -0.2) is 0 Å². The highest BCUT2D eigenvalue weighted by Gasteiger charge is 2.25. The molecule has 2 amide bonds. The molecule has 0 aromatic heterocycles. The van der Waals surface area contributed by atoms with E-state index in [1.165, 1.54) is 0 Å². The van der Waals surface area contributed by atoms with Gasteiger partial charge in [-0.05, 0) is 32.7 Å². The van der Waals surface area contributed by atoms with Crippen LogP contribution in [0.3, 0.4) is 0 Å². The first-order chi connectivity index (χ1) is 8.41. The molecule has 0 radical (unpaired) electrons. The van der Waals surface area contributed by atoms with Crippen LogP contribution in [0.4, 0.5) is 0 Å². The van der Waals surface area contributed by atoms with Crippen LogP contribution in [0.25, 0.3) is 0 Å². The Balaban J connectivity index is 2.49. The maximum absolute atomic E-state index is 12.0. The fraction of sp³-hybridized carbons (Fsp3) is 0.846. The first-order valence-corrected chi connectivity index (χ1v) is 6.73. The number of hydrogen-bond acceptors (Lipinski definition) is 3. The van der Waals surface area contributed by atoms with Crippen molar-refractivity contribution in [1.82, 2.24) is 15.5 Å². The Bertz CT molecular complexity index is 305. The molecule has 0 bridgehead atoms. The topological polar surface area (TPSA) is 61.4 Å². The SMILES string of the molecule is CC1NCCCN(CC(=O)NC(C)C(C)C)C1=O. The number of carbonyl (C=O) groups is 2. The Hall–Kier alpha value is -1.10. The maximum Gasteiger partial charge on any atom is 0.239 e. The zero-order valence-corrected chi connectivity index (χ0v) is 11.8. The van der Waals surface area contributed by atoms with Crippen molar-refractivity contribution < 1.29 is 9.59 Å². The fourth-order valence-corrected chi connectivity index (χ4v) is 1.86. The normalized spacial score (nSPS) is 22.8. The molecule has 1 heterocycles. The molecule has 5 heteroatoms. The predicted octanol–water partition coefficient (Wildman–Crippen LogP) is 0.358. The van der Waals surface area contributed by atoms with Crippen molar-refractivity contribution in [2.24, 2.45) is 5.92 Å². The zero-order valence-electron chi connectivity index (χ0n) is 11.8. The van der Waals surface area contributed by atoms with E-state index in [4.69, 9.17) is 0 Å². The second-order valence-corrected chi connectivity index (χ2v) is 5.39. The van der Waals surface area contributed by atoms with E-state index in [2.05, 4.69) is 24.5 Å². The van der Waals surface area contributed by atoms with Crippen LogP contribution in [0.5, 0.6) is 0 Å². The van der Waals surface area contributed by atoms with E-state index in [0.29, 0.717) is 12.5 Å². The summed E-state index contributed by atoms with van der Waals surface area (Å²) in [5.74, 6) is 0.341. The lowest BCUT2D eigenvalue weighted by atomic mass is 10.1. The minimum Gasteiger partial charge on any atom is -0.352 e. The Labute approximate surface area is 109 Å². The minimum absolute atomic E-state index is 0.0138. The Morgan fingerprint density at radius 1 is 1.50 bits per heavy atom. The van der Waals surface area contributed by atoms with Crippen molar-refractivity contribution in [2.45, 2.75) is 46.2 Å². The van der Waals surface area contributed by atoms with E-state index in [1.807, 2.05) is 13.8 Å². The molecule has 1 saturated heterocycles. The molecule has 2 atom stereocenters. The van der Waals surface area contributed by atoms with Crippen LogP contribution in [0, 0.1) is 5.92 Å². The van der Waals surface area contributed by atoms with Gasteiger partial charge >= 0.3 is 0 Å². The van der Waals surface area contributed by atoms with Gasteiger partial charge in [-0.3, -0.25) is 9.59 Å². The molecule has 1 aliphatic rings. The molecule has 0 aromatic rings. The van der Waals surface area contributed by atoms with Gasteiger partial charge in [0.2, 0.25) is 11.8 Å². The van der Waals surface area contributed by atoms with Crippen molar-refractivity contribution in [3.63, 3.8) is 0 Å². The van der Waals surface area contributed by atoms with Gasteiger partial charge in [-0.1, -0.05) is 13.8 Å². The number of amides is 2. The Morgan fingerprint density at radius 2 is 2.17 bits per heavy atom. The summed E-state index contributed by atoms with van der Waals surface area (Å²) in [6.45, 7) is 9.60. The molecule has 0 spiro atoms. The van der Waals surface area contributed by atoms with Gasteiger partial charge in [-0.2, -0.15) is 0 Å². The summed E-state index contributed by atoms with van der Waals surface area (Å²) in [4.78, 5) is 25.5. The maximum atomic E-state index is 12.0. The smallest absolute Gasteiger partial charge is 0.239 e. The number of rotatable bonds is 4. The third-order valence-electron chi connectivity index (χ3n) is 3.46. The van der Waals surface area contributed by atoms with Gasteiger partial charge in [0.15, 0.2) is 0 Å². The van der Waals surface area contributed by atoms with Crippen LogP contribution in [-0.4, -0.2) is 48.4 Å². The minimum atomic E-state index is -0.192. The summed E-state index contributed by atoms with van der Waals surface area (Å²) in [6.07, 6.45) is 0.892. The Morgan fingerprint density at radius 3 is 2.78 bits per heavy atom. The third kappa shape index (κ3) is 4.29. The fourth-order valence-electron chi connectivity index (χ4n) is 1.86. The molecule has 2 N–H and O–H groups in total. The van der Waals surface area contributed by atoms with Crippen molar-refractivity contribution in [3.8, 4) is 0 Å². The lowest BCUT2D eigenvalue weighted by molar-refractivity contribution is -0.137. The van der Waals surface area contributed by atoms with Crippen LogP contribution >= 0.6 is 0 Å². The van der Waals surface area contributed by atoms with E-state index in [1.54, 1.807) is 4.90 Å². The molecular weight excluding hydrogens is 230 g/mol. The lowest BCUT2D eigenvalue weighted by Gasteiger charge is -2.24. The first kappa shape index (κ1) is 15.0. The van der Waals surface area contributed by atoms with Crippen LogP contribution in [0.2, 0.25) is 0 Å². The number of nitrogens with one attached hydrogen (secondary N) is 2. The standard InChI is InChI=1S/C13H25N3O2/c1-9(2)10(3)15-12(17)8-16-7-5-6-14-11(4)13(16)18/h9-11,14H,5-8H2,1-4H3,(H,15,17). The van der Waals surface area contributed by atoms with Gasteiger partial charge in [-0.15, -0.1) is 0 Å². The lowest BCUT2D eigenvalue weighted by Crippen LogP contribution is -2.48. The van der Waals surface area contributed by atoms with Gasteiger partial charge < -0.3 is 15.5 Å². The molecule has 5 nitrogen and oxygen atoms in total. The average molecular weight is 255 g/mol. The van der Waals surface area contributed by atoms with Gasteiger partial charge in [0.05, 0.1) is 12.6 Å². The summed E-state index contributed by atoms with van der Waals surface area (Å²) in [5.41, 5.74) is 0. The molecular formula is C13H25N3O2. The van der Waals surface area contributed by atoms with Crippen molar-refractivity contribution in [3.05, 3.63) is 0 Å². The van der Waals surface area contributed by atoms with Gasteiger partial charge in [0.25, 0.3) is 0 Å². The molecule has 0 aromatic carbocycles. The zero-order chi connectivity index (χ0) is 13.7. The molecule has 18 heavy (non-hydrogen) atoms. The molecule has 1 rings (SSSR count). The summed E-state index contributed by atoms with van der Waals surface area (Å²) >= 11 is 0. The monoisotopic (exact) mass is 255 g/mol. The Kier molecular flexibility index (Phi) is 5.59. The molecule has 1 aliphatic heterocycles. The van der Waals surface area contributed by atoms with E-state index in [9.17, 15) is 9.59 Å². The highest BCUT2D eigenvalue weighted by Crippen LogP contribution is 2.03. The van der Waals surface area contributed by atoms with E-state index in [-0.39, 0.29) is 30.4 Å². The van der Waals surface area contributed by atoms with E-state index < -0.39 is 0 Å². The largest absolute Gasteiger partial charge is 0.352 e. The van der Waals surface area contributed by atoms with Gasteiger partial charge in [0.1, 0.15) is 0 Å². The van der Waals surface area contributed by atoms with E-state index in [0.717, 1.165) is 13.0 Å². The molecule has 0 saturated carbocycles. The van der Waals surface area contributed by atoms with Crippen LogP contribution in [0.15, 0.2) is 0 Å². The second-order valence-electron chi connectivity index (χ2n) is 5.39. The van der Waals surface area contributed by atoms with Gasteiger partial charge in [0, 0.05) is 12.6 Å². The molecule has 2 unspecified atom stereocenters. The molecule has 104 valence electrons. The molecule has 0 aliphatic carbocycles. The summed E-state index contributed by atoms with van der Waals surface area (Å²) in [5, 5.41) is 6.06. The number of nitrogens with zero attached hydrogens (tertiary/aromatic N) is 1.